The van der Waals surface area contributed by atoms with Crippen molar-refractivity contribution in [2.45, 2.75) is 13.0 Å². The summed E-state index contributed by atoms with van der Waals surface area (Å²) in [6.07, 6.45) is 2.70. The molecule has 1 unspecified atom stereocenters. The average Bonchev–Trinajstić information content (AvgIpc) is 2.72. The number of nitrogen functional groups attached to an aromatic ring is 3. The van der Waals surface area contributed by atoms with E-state index in [0.717, 1.165) is 0 Å². The highest BCUT2D eigenvalue weighted by Crippen LogP contribution is 2.29. The summed E-state index contributed by atoms with van der Waals surface area (Å²) >= 11 is 12.5. The maximum Gasteiger partial charge on any atom is 0.268 e. The standard InChI is InChI=1S/C18H16Cl2N10O/c1-7(26-15-13(20)14(22)28-18(23)29-15)16-27-9-4-2-3-8(19)12(9)17(31)30(16)11-6-24-10(21)5-25-11/h2-7H,1H3,(H2,21,24)(H5,22,23,26,28,29). The van der Waals surface area contributed by atoms with Gasteiger partial charge >= 0.3 is 0 Å². The van der Waals surface area contributed by atoms with Crippen LogP contribution in [0.5, 0.6) is 0 Å². The largest absolute Gasteiger partial charge is 0.382 e. The molecule has 0 aliphatic rings. The summed E-state index contributed by atoms with van der Waals surface area (Å²) in [4.78, 5) is 34.2. The molecule has 1 aromatic carbocycles. The van der Waals surface area contributed by atoms with Gasteiger partial charge in [-0.2, -0.15) is 9.97 Å². The lowest BCUT2D eigenvalue weighted by molar-refractivity contribution is 0.720. The zero-order valence-corrected chi connectivity index (χ0v) is 17.6. The molecule has 0 saturated heterocycles. The van der Waals surface area contributed by atoms with E-state index in [9.17, 15) is 4.79 Å². The monoisotopic (exact) mass is 458 g/mol. The fourth-order valence-electron chi connectivity index (χ4n) is 3.01. The predicted molar refractivity (Wildman–Crippen MR) is 120 cm³/mol. The van der Waals surface area contributed by atoms with E-state index in [0.29, 0.717) is 11.3 Å². The summed E-state index contributed by atoms with van der Waals surface area (Å²) in [6, 6.07) is 4.40. The number of halogens is 2. The average molecular weight is 459 g/mol. The highest BCUT2D eigenvalue weighted by molar-refractivity contribution is 6.35. The zero-order chi connectivity index (χ0) is 22.3. The number of fused-ring (bicyclic) bond motifs is 1. The fourth-order valence-corrected chi connectivity index (χ4v) is 3.40. The molecule has 4 rings (SSSR count). The van der Waals surface area contributed by atoms with Crippen molar-refractivity contribution in [1.29, 1.82) is 0 Å². The van der Waals surface area contributed by atoms with Crippen molar-refractivity contribution >= 4 is 57.5 Å². The van der Waals surface area contributed by atoms with Crippen molar-refractivity contribution < 1.29 is 0 Å². The Balaban J connectivity index is 1.93. The molecule has 13 heteroatoms. The molecule has 11 nitrogen and oxygen atoms in total. The van der Waals surface area contributed by atoms with Crippen LogP contribution in [0.1, 0.15) is 18.8 Å². The minimum atomic E-state index is -0.596. The molecule has 0 saturated carbocycles. The lowest BCUT2D eigenvalue weighted by Gasteiger charge is -2.20. The van der Waals surface area contributed by atoms with Crippen LogP contribution in [0.4, 0.5) is 23.4 Å². The number of nitrogens with zero attached hydrogens (tertiary/aromatic N) is 6. The molecule has 158 valence electrons. The van der Waals surface area contributed by atoms with Crippen molar-refractivity contribution in [1.82, 2.24) is 29.5 Å². The third kappa shape index (κ3) is 3.76. The summed E-state index contributed by atoms with van der Waals surface area (Å²) < 4.78 is 1.29. The van der Waals surface area contributed by atoms with Gasteiger partial charge in [0.25, 0.3) is 5.56 Å². The Kier molecular flexibility index (Phi) is 5.21. The summed E-state index contributed by atoms with van der Waals surface area (Å²) in [5.41, 5.74) is 17.1. The Hall–Kier alpha value is -3.70. The van der Waals surface area contributed by atoms with Crippen LogP contribution in [-0.2, 0) is 0 Å². The highest BCUT2D eigenvalue weighted by Gasteiger charge is 2.22. The number of hydrogen-bond acceptors (Lipinski definition) is 10. The number of benzene rings is 1. The smallest absolute Gasteiger partial charge is 0.268 e. The first-order valence-electron chi connectivity index (χ1n) is 8.90. The van der Waals surface area contributed by atoms with Crippen molar-refractivity contribution in [2.24, 2.45) is 0 Å². The van der Waals surface area contributed by atoms with Crippen LogP contribution in [0.2, 0.25) is 10.0 Å². The number of rotatable bonds is 4. The Morgan fingerprint density at radius 3 is 2.55 bits per heavy atom. The van der Waals surface area contributed by atoms with Crippen LogP contribution in [0.25, 0.3) is 16.7 Å². The summed E-state index contributed by atoms with van der Waals surface area (Å²) in [5.74, 6) is 0.862. The molecule has 0 aliphatic heterocycles. The summed E-state index contributed by atoms with van der Waals surface area (Å²) in [5, 5.41) is 3.66. The summed E-state index contributed by atoms with van der Waals surface area (Å²) in [7, 11) is 0. The van der Waals surface area contributed by atoms with Gasteiger partial charge in [0.1, 0.15) is 22.5 Å². The first-order chi connectivity index (χ1) is 14.8. The van der Waals surface area contributed by atoms with Crippen LogP contribution in [0, 0.1) is 0 Å². The predicted octanol–water partition coefficient (Wildman–Crippen LogP) is 2.19. The van der Waals surface area contributed by atoms with E-state index in [2.05, 4.69) is 30.2 Å². The molecule has 0 radical (unpaired) electrons. The Morgan fingerprint density at radius 1 is 1.06 bits per heavy atom. The zero-order valence-electron chi connectivity index (χ0n) is 16.0. The molecule has 4 aromatic rings. The van der Waals surface area contributed by atoms with Gasteiger partial charge in [0.2, 0.25) is 5.95 Å². The van der Waals surface area contributed by atoms with Gasteiger partial charge in [-0.15, -0.1) is 0 Å². The van der Waals surface area contributed by atoms with Crippen molar-refractivity contribution in [3.8, 4) is 5.82 Å². The molecular weight excluding hydrogens is 443 g/mol. The van der Waals surface area contributed by atoms with E-state index in [4.69, 9.17) is 40.4 Å². The van der Waals surface area contributed by atoms with Crippen molar-refractivity contribution in [3.05, 3.63) is 56.8 Å². The molecule has 0 fully saturated rings. The summed E-state index contributed by atoms with van der Waals surface area (Å²) in [6.45, 7) is 1.75. The van der Waals surface area contributed by atoms with Crippen LogP contribution < -0.4 is 28.1 Å². The number of aromatic nitrogens is 6. The number of anilines is 4. The number of hydrogen-bond donors (Lipinski definition) is 4. The van der Waals surface area contributed by atoms with Crippen LogP contribution in [0.15, 0.2) is 35.4 Å². The topological polar surface area (TPSA) is 177 Å². The number of nitrogens with two attached hydrogens (primary N) is 3. The van der Waals surface area contributed by atoms with E-state index in [1.165, 1.54) is 17.0 Å². The Bertz CT molecular complexity index is 1360. The molecule has 1 atom stereocenters. The molecular formula is C18H16Cl2N10O. The fraction of sp³-hybridized carbons (Fsp3) is 0.111. The maximum atomic E-state index is 13.4. The second-order valence-electron chi connectivity index (χ2n) is 6.54. The molecule has 0 aliphatic carbocycles. The molecule has 0 bridgehead atoms. The molecule has 3 heterocycles. The van der Waals surface area contributed by atoms with Gasteiger partial charge in [-0.25, -0.2) is 19.5 Å². The first kappa shape index (κ1) is 20.6. The quantitative estimate of drug-likeness (QED) is 0.354. The normalized spacial score (nSPS) is 12.1. The maximum absolute atomic E-state index is 13.4. The van der Waals surface area contributed by atoms with E-state index < -0.39 is 11.6 Å². The van der Waals surface area contributed by atoms with Crippen molar-refractivity contribution in [2.75, 3.05) is 22.5 Å². The van der Waals surface area contributed by atoms with Gasteiger partial charge < -0.3 is 22.5 Å². The van der Waals surface area contributed by atoms with E-state index in [1.807, 2.05) is 0 Å². The van der Waals surface area contributed by atoms with Gasteiger partial charge in [-0.05, 0) is 19.1 Å². The van der Waals surface area contributed by atoms with Crippen LogP contribution in [0.3, 0.4) is 0 Å². The van der Waals surface area contributed by atoms with Crippen LogP contribution >= 0.6 is 23.2 Å². The van der Waals surface area contributed by atoms with Gasteiger partial charge in [0, 0.05) is 0 Å². The molecule has 0 spiro atoms. The first-order valence-corrected chi connectivity index (χ1v) is 9.66. The third-order valence-corrected chi connectivity index (χ3v) is 5.08. The molecule has 0 amide bonds. The van der Waals surface area contributed by atoms with Gasteiger partial charge in [0.15, 0.2) is 11.6 Å². The SMILES string of the molecule is CC(Nc1nc(N)nc(N)c1Cl)c1nc2cccc(Cl)c2c(=O)n1-c1cnc(N)cn1. The van der Waals surface area contributed by atoms with Crippen molar-refractivity contribution in [3.63, 3.8) is 0 Å². The second-order valence-corrected chi connectivity index (χ2v) is 7.32. The van der Waals surface area contributed by atoms with E-state index in [1.54, 1.807) is 25.1 Å². The lowest BCUT2D eigenvalue weighted by Crippen LogP contribution is -2.28. The van der Waals surface area contributed by atoms with Gasteiger partial charge in [-0.1, -0.05) is 29.3 Å². The minimum Gasteiger partial charge on any atom is -0.382 e. The second kappa shape index (κ2) is 7.85. The van der Waals surface area contributed by atoms with Gasteiger partial charge in [-0.3, -0.25) is 4.79 Å². The molecule has 7 N–H and O–H groups in total. The third-order valence-electron chi connectivity index (χ3n) is 4.39. The minimum absolute atomic E-state index is 0.0175. The molecule has 3 aromatic heterocycles. The van der Waals surface area contributed by atoms with E-state index in [-0.39, 0.29) is 44.7 Å². The Morgan fingerprint density at radius 2 is 1.84 bits per heavy atom. The van der Waals surface area contributed by atoms with Crippen LogP contribution in [-0.4, -0.2) is 29.5 Å². The number of nitrogens with one attached hydrogen (secondary N) is 1. The van der Waals surface area contributed by atoms with Gasteiger partial charge in [0.05, 0.1) is 34.4 Å². The van der Waals surface area contributed by atoms with E-state index >= 15 is 0 Å². The lowest BCUT2D eigenvalue weighted by atomic mass is 10.2. The Labute approximate surface area is 185 Å². The molecule has 31 heavy (non-hydrogen) atoms. The highest BCUT2D eigenvalue weighted by atomic mass is 35.5.